The quantitative estimate of drug-likeness (QED) is 0.679. The van der Waals surface area contributed by atoms with Crippen molar-refractivity contribution in [3.63, 3.8) is 0 Å². The number of rotatable bonds is 6. The highest BCUT2D eigenvalue weighted by atomic mass is 32.2. The first-order chi connectivity index (χ1) is 7.29. The van der Waals surface area contributed by atoms with Gasteiger partial charge in [-0.05, 0) is 44.2 Å². The molecule has 1 saturated carbocycles. The van der Waals surface area contributed by atoms with E-state index in [1.54, 1.807) is 0 Å². The van der Waals surface area contributed by atoms with Crippen LogP contribution < -0.4 is 10.6 Å². The van der Waals surface area contributed by atoms with E-state index in [1.165, 1.54) is 57.6 Å². The van der Waals surface area contributed by atoms with Crippen molar-refractivity contribution in [3.8, 4) is 0 Å². The molecule has 2 N–H and O–H groups in total. The maximum Gasteiger partial charge on any atom is 0.00716 e. The molecule has 2 rings (SSSR count). The Bertz CT molecular complexity index is 186. The Hall–Kier alpha value is 0.270. The molecule has 1 saturated heterocycles. The van der Waals surface area contributed by atoms with Gasteiger partial charge in [-0.3, -0.25) is 0 Å². The van der Waals surface area contributed by atoms with Gasteiger partial charge in [0.05, 0.1) is 0 Å². The van der Waals surface area contributed by atoms with E-state index in [0.29, 0.717) is 5.41 Å². The van der Waals surface area contributed by atoms with Crippen LogP contribution in [0.5, 0.6) is 0 Å². The third-order valence-corrected chi connectivity index (χ3v) is 4.96. The minimum Gasteiger partial charge on any atom is -0.317 e. The van der Waals surface area contributed by atoms with Crippen molar-refractivity contribution < 1.29 is 0 Å². The molecule has 1 aliphatic carbocycles. The van der Waals surface area contributed by atoms with E-state index in [-0.39, 0.29) is 0 Å². The lowest BCUT2D eigenvalue weighted by Crippen LogP contribution is -2.30. The van der Waals surface area contributed by atoms with Crippen molar-refractivity contribution >= 4 is 11.8 Å². The predicted octanol–water partition coefficient (Wildman–Crippen LogP) is 1.86. The van der Waals surface area contributed by atoms with Gasteiger partial charge in [-0.15, -0.1) is 0 Å². The average molecular weight is 228 g/mol. The van der Waals surface area contributed by atoms with E-state index in [0.717, 1.165) is 5.25 Å². The van der Waals surface area contributed by atoms with Crippen molar-refractivity contribution in [3.05, 3.63) is 0 Å². The third kappa shape index (κ3) is 4.33. The summed E-state index contributed by atoms with van der Waals surface area (Å²) >= 11 is 2.17. The van der Waals surface area contributed by atoms with Crippen molar-refractivity contribution in [2.75, 3.05) is 31.9 Å². The SMILES string of the molecule is CC1(CNCCSC2CCNCC2)CC1. The molecule has 88 valence electrons. The van der Waals surface area contributed by atoms with Crippen LogP contribution in [-0.4, -0.2) is 37.2 Å². The van der Waals surface area contributed by atoms with Crippen LogP contribution in [0.15, 0.2) is 0 Å². The Labute approximate surface area is 98.0 Å². The number of nitrogens with one attached hydrogen (secondary N) is 2. The number of thioether (sulfide) groups is 1. The van der Waals surface area contributed by atoms with Crippen LogP contribution in [-0.2, 0) is 0 Å². The first kappa shape index (κ1) is 11.7. The summed E-state index contributed by atoms with van der Waals surface area (Å²) in [6, 6.07) is 0. The number of piperidine rings is 1. The van der Waals surface area contributed by atoms with Gasteiger partial charge in [0, 0.05) is 24.1 Å². The summed E-state index contributed by atoms with van der Waals surface area (Å²) in [5, 5.41) is 7.93. The summed E-state index contributed by atoms with van der Waals surface area (Å²) < 4.78 is 0. The standard InChI is InChI=1S/C12H24N2S/c1-12(4-5-12)10-14-8-9-15-11-2-6-13-7-3-11/h11,13-14H,2-10H2,1H3. The van der Waals surface area contributed by atoms with Crippen molar-refractivity contribution in [2.24, 2.45) is 5.41 Å². The van der Waals surface area contributed by atoms with Gasteiger partial charge in [0.25, 0.3) is 0 Å². The Morgan fingerprint density at radius 1 is 1.33 bits per heavy atom. The lowest BCUT2D eigenvalue weighted by Gasteiger charge is -2.22. The highest BCUT2D eigenvalue weighted by Gasteiger charge is 2.36. The maximum atomic E-state index is 3.59. The molecule has 0 atom stereocenters. The largest absolute Gasteiger partial charge is 0.317 e. The molecule has 0 aromatic rings. The Morgan fingerprint density at radius 2 is 2.07 bits per heavy atom. The summed E-state index contributed by atoms with van der Waals surface area (Å²) in [5.74, 6) is 1.29. The van der Waals surface area contributed by atoms with Gasteiger partial charge in [-0.2, -0.15) is 11.8 Å². The van der Waals surface area contributed by atoms with Crippen LogP contribution in [0.4, 0.5) is 0 Å². The molecular formula is C12H24N2S. The van der Waals surface area contributed by atoms with Gasteiger partial charge in [0.15, 0.2) is 0 Å². The second-order valence-electron chi connectivity index (χ2n) is 5.31. The molecule has 1 heterocycles. The maximum absolute atomic E-state index is 3.59. The van der Waals surface area contributed by atoms with Crippen LogP contribution in [0.3, 0.4) is 0 Å². The molecule has 0 unspecified atom stereocenters. The van der Waals surface area contributed by atoms with E-state index in [2.05, 4.69) is 29.3 Å². The molecule has 2 nitrogen and oxygen atoms in total. The van der Waals surface area contributed by atoms with Crippen LogP contribution in [0, 0.1) is 5.41 Å². The Balaban J connectivity index is 1.44. The Kier molecular flexibility index (Phi) is 4.35. The first-order valence-corrected chi connectivity index (χ1v) is 7.36. The van der Waals surface area contributed by atoms with E-state index >= 15 is 0 Å². The molecule has 0 aromatic carbocycles. The zero-order valence-corrected chi connectivity index (χ0v) is 10.7. The minimum atomic E-state index is 0.666. The number of hydrogen-bond donors (Lipinski definition) is 2. The molecule has 2 fully saturated rings. The first-order valence-electron chi connectivity index (χ1n) is 6.32. The normalized spacial score (nSPS) is 25.4. The molecule has 0 radical (unpaired) electrons. The lowest BCUT2D eigenvalue weighted by atomic mass is 10.1. The molecule has 0 aromatic heterocycles. The monoisotopic (exact) mass is 228 g/mol. The summed E-state index contributed by atoms with van der Waals surface area (Å²) in [5.41, 5.74) is 0.666. The fourth-order valence-corrected chi connectivity index (χ4v) is 3.20. The average Bonchev–Trinajstić information content (AvgIpc) is 2.98. The molecule has 15 heavy (non-hydrogen) atoms. The van der Waals surface area contributed by atoms with Crippen LogP contribution >= 0.6 is 11.8 Å². The van der Waals surface area contributed by atoms with E-state index in [4.69, 9.17) is 0 Å². The van der Waals surface area contributed by atoms with Crippen molar-refractivity contribution in [1.29, 1.82) is 0 Å². The van der Waals surface area contributed by atoms with Crippen molar-refractivity contribution in [2.45, 2.75) is 37.9 Å². The number of hydrogen-bond acceptors (Lipinski definition) is 3. The zero-order chi connectivity index (χ0) is 10.6. The van der Waals surface area contributed by atoms with E-state index in [1.807, 2.05) is 0 Å². The van der Waals surface area contributed by atoms with E-state index in [9.17, 15) is 0 Å². The lowest BCUT2D eigenvalue weighted by molar-refractivity contribution is 0.510. The van der Waals surface area contributed by atoms with Crippen LogP contribution in [0.2, 0.25) is 0 Å². The summed E-state index contributed by atoms with van der Waals surface area (Å²) in [7, 11) is 0. The second-order valence-corrected chi connectivity index (χ2v) is 6.72. The molecular weight excluding hydrogens is 204 g/mol. The van der Waals surface area contributed by atoms with Crippen molar-refractivity contribution in [1.82, 2.24) is 10.6 Å². The topological polar surface area (TPSA) is 24.1 Å². The summed E-state index contributed by atoms with van der Waals surface area (Å²) in [6.45, 7) is 7.27. The second kappa shape index (κ2) is 5.55. The van der Waals surface area contributed by atoms with Gasteiger partial charge >= 0.3 is 0 Å². The zero-order valence-electron chi connectivity index (χ0n) is 9.85. The molecule has 2 aliphatic rings. The summed E-state index contributed by atoms with van der Waals surface area (Å²) in [6.07, 6.45) is 5.59. The highest BCUT2D eigenvalue weighted by Crippen LogP contribution is 2.43. The van der Waals surface area contributed by atoms with E-state index < -0.39 is 0 Å². The van der Waals surface area contributed by atoms with Gasteiger partial charge in [-0.25, -0.2) is 0 Å². The molecule has 1 aliphatic heterocycles. The van der Waals surface area contributed by atoms with Crippen LogP contribution in [0.1, 0.15) is 32.6 Å². The smallest absolute Gasteiger partial charge is 0.00716 e. The summed E-state index contributed by atoms with van der Waals surface area (Å²) in [4.78, 5) is 0. The fraction of sp³-hybridized carbons (Fsp3) is 1.00. The minimum absolute atomic E-state index is 0.666. The van der Waals surface area contributed by atoms with Gasteiger partial charge < -0.3 is 10.6 Å². The van der Waals surface area contributed by atoms with Gasteiger partial charge in [0.1, 0.15) is 0 Å². The highest BCUT2D eigenvalue weighted by molar-refractivity contribution is 7.99. The molecule has 0 bridgehead atoms. The van der Waals surface area contributed by atoms with Gasteiger partial charge in [-0.1, -0.05) is 6.92 Å². The predicted molar refractivity (Wildman–Crippen MR) is 68.6 cm³/mol. The third-order valence-electron chi connectivity index (χ3n) is 3.57. The molecule has 0 spiro atoms. The molecule has 3 heteroatoms. The fourth-order valence-electron chi connectivity index (χ4n) is 2.04. The molecule has 0 amide bonds. The van der Waals surface area contributed by atoms with Gasteiger partial charge in [0.2, 0.25) is 0 Å². The Morgan fingerprint density at radius 3 is 2.73 bits per heavy atom. The van der Waals surface area contributed by atoms with Crippen LogP contribution in [0.25, 0.3) is 0 Å².